The zero-order chi connectivity index (χ0) is 38.4. The maximum absolute atomic E-state index is 11.1. The smallest absolute Gasteiger partial charge is 0.161 e. The highest BCUT2D eigenvalue weighted by Crippen LogP contribution is 2.51. The molecule has 1 fully saturated rings. The van der Waals surface area contributed by atoms with Crippen molar-refractivity contribution in [2.75, 3.05) is 42.7 Å². The SMILES string of the molecule is COc1ccc(C(O)C(C)Oc2ccc([C@H]3O[C@@H](c4ccc(OC(C)C(O)c5ccc(OC)c(OC)c5)c(OC)c4)[C@@H](C)[C@H]3C)cc2OC)cc1OC. The van der Waals surface area contributed by atoms with Crippen LogP contribution < -0.4 is 37.9 Å². The van der Waals surface area contributed by atoms with Crippen LogP contribution in [0.5, 0.6) is 46.0 Å². The van der Waals surface area contributed by atoms with E-state index in [9.17, 15) is 10.2 Å². The number of hydrogen-bond acceptors (Lipinski definition) is 11. The molecule has 1 heterocycles. The van der Waals surface area contributed by atoms with Gasteiger partial charge >= 0.3 is 0 Å². The summed E-state index contributed by atoms with van der Waals surface area (Å²) in [4.78, 5) is 0. The number of benzene rings is 4. The highest BCUT2D eigenvalue weighted by Gasteiger charge is 2.41. The summed E-state index contributed by atoms with van der Waals surface area (Å²) in [6.45, 7) is 7.96. The Bertz CT molecular complexity index is 1700. The highest BCUT2D eigenvalue weighted by molar-refractivity contribution is 5.48. The molecule has 0 spiro atoms. The average molecular weight is 733 g/mol. The molecule has 8 atom stereocenters. The summed E-state index contributed by atoms with van der Waals surface area (Å²) in [5.41, 5.74) is 3.18. The van der Waals surface area contributed by atoms with Gasteiger partial charge in [-0.3, -0.25) is 0 Å². The lowest BCUT2D eigenvalue weighted by molar-refractivity contribution is 0.0281. The van der Waals surface area contributed by atoms with E-state index in [4.69, 9.17) is 42.6 Å². The molecule has 0 saturated carbocycles. The molecular weight excluding hydrogens is 680 g/mol. The Morgan fingerprint density at radius 2 is 0.774 bits per heavy atom. The monoisotopic (exact) mass is 732 g/mol. The fourth-order valence-electron chi connectivity index (χ4n) is 6.78. The second kappa shape index (κ2) is 17.3. The van der Waals surface area contributed by atoms with Crippen molar-refractivity contribution in [3.8, 4) is 46.0 Å². The number of hydrogen-bond donors (Lipinski definition) is 2. The summed E-state index contributed by atoms with van der Waals surface area (Å²) >= 11 is 0. The predicted molar refractivity (Wildman–Crippen MR) is 200 cm³/mol. The molecule has 53 heavy (non-hydrogen) atoms. The first-order chi connectivity index (χ1) is 25.5. The van der Waals surface area contributed by atoms with Gasteiger partial charge in [-0.15, -0.1) is 0 Å². The third-order valence-electron chi connectivity index (χ3n) is 10.1. The molecule has 1 aliphatic heterocycles. The number of aliphatic hydroxyl groups excluding tert-OH is 2. The quantitative estimate of drug-likeness (QED) is 0.117. The topological polar surface area (TPSA) is 124 Å². The summed E-state index contributed by atoms with van der Waals surface area (Å²) in [6.07, 6.45) is -3.49. The standard InChI is InChI=1S/C42H52O11/c1-23-24(2)42(30-14-18-34(38(22-30)50-10)52-26(4)40(44)28-12-16-32(46-6)36(20-28)48-8)53-41(23)29-13-17-33(37(21-29)49-9)51-25(3)39(43)27-11-15-31(45-5)35(19-27)47-7/h11-26,39-44H,1-10H3/t23-,24+,25?,26?,39?,40?,41+,42-. The van der Waals surface area contributed by atoms with Gasteiger partial charge in [0.15, 0.2) is 46.0 Å². The van der Waals surface area contributed by atoms with Gasteiger partial charge in [0.1, 0.15) is 24.4 Å². The van der Waals surface area contributed by atoms with E-state index >= 15 is 0 Å². The van der Waals surface area contributed by atoms with Gasteiger partial charge in [0.2, 0.25) is 0 Å². The molecule has 1 saturated heterocycles. The summed E-state index contributed by atoms with van der Waals surface area (Å²) in [5.74, 6) is 4.62. The Balaban J connectivity index is 1.29. The molecule has 0 amide bonds. The van der Waals surface area contributed by atoms with Gasteiger partial charge in [0.05, 0.1) is 54.9 Å². The van der Waals surface area contributed by atoms with Crippen LogP contribution >= 0.6 is 0 Å². The third-order valence-corrected chi connectivity index (χ3v) is 10.1. The van der Waals surface area contributed by atoms with Crippen molar-refractivity contribution in [1.29, 1.82) is 0 Å². The minimum atomic E-state index is -0.932. The molecule has 286 valence electrons. The molecule has 1 aliphatic rings. The molecule has 0 radical (unpaired) electrons. The zero-order valence-corrected chi connectivity index (χ0v) is 32.1. The maximum atomic E-state index is 11.1. The van der Waals surface area contributed by atoms with Gasteiger partial charge in [-0.1, -0.05) is 38.1 Å². The number of aliphatic hydroxyl groups is 2. The van der Waals surface area contributed by atoms with Crippen LogP contribution in [0.2, 0.25) is 0 Å². The molecule has 11 nitrogen and oxygen atoms in total. The molecule has 0 aliphatic carbocycles. The lowest BCUT2D eigenvalue weighted by Crippen LogP contribution is -2.22. The first-order valence-corrected chi connectivity index (χ1v) is 17.6. The number of methoxy groups -OCH3 is 6. The molecule has 4 aromatic carbocycles. The molecule has 0 aromatic heterocycles. The van der Waals surface area contributed by atoms with E-state index in [1.165, 1.54) is 0 Å². The molecule has 11 heteroatoms. The van der Waals surface area contributed by atoms with Crippen LogP contribution in [0.1, 0.15) is 74.4 Å². The highest BCUT2D eigenvalue weighted by atomic mass is 16.5. The Labute approximate surface area is 312 Å². The Hall–Kier alpha value is -4.84. The first-order valence-electron chi connectivity index (χ1n) is 17.6. The summed E-state index contributed by atoms with van der Waals surface area (Å²) in [5, 5.41) is 22.2. The molecule has 4 aromatic rings. The zero-order valence-electron chi connectivity index (χ0n) is 32.1. The lowest BCUT2D eigenvalue weighted by atomic mass is 9.85. The largest absolute Gasteiger partial charge is 0.493 e. The predicted octanol–water partition coefficient (Wildman–Crippen LogP) is 7.82. The lowest BCUT2D eigenvalue weighted by Gasteiger charge is -2.24. The van der Waals surface area contributed by atoms with Gasteiger partial charge in [0, 0.05) is 0 Å². The molecule has 4 unspecified atom stereocenters. The fraction of sp³-hybridized carbons (Fsp3) is 0.429. The van der Waals surface area contributed by atoms with Crippen LogP contribution in [-0.2, 0) is 4.74 Å². The second-order valence-electron chi connectivity index (χ2n) is 13.3. The Morgan fingerprint density at radius 3 is 1.11 bits per heavy atom. The van der Waals surface area contributed by atoms with E-state index in [2.05, 4.69) is 13.8 Å². The van der Waals surface area contributed by atoms with Crippen LogP contribution in [0, 0.1) is 11.8 Å². The Morgan fingerprint density at radius 1 is 0.453 bits per heavy atom. The van der Waals surface area contributed by atoms with E-state index < -0.39 is 24.4 Å². The van der Waals surface area contributed by atoms with Crippen molar-refractivity contribution in [3.05, 3.63) is 95.1 Å². The molecular formula is C42H52O11. The van der Waals surface area contributed by atoms with E-state index in [-0.39, 0.29) is 24.0 Å². The minimum Gasteiger partial charge on any atom is -0.493 e. The van der Waals surface area contributed by atoms with Crippen LogP contribution in [0.25, 0.3) is 0 Å². The molecule has 2 N–H and O–H groups in total. The minimum absolute atomic E-state index is 0.167. The molecule has 0 bridgehead atoms. The van der Waals surface area contributed by atoms with Crippen molar-refractivity contribution >= 4 is 0 Å². The average Bonchev–Trinajstić information content (AvgIpc) is 3.49. The van der Waals surface area contributed by atoms with E-state index in [1.54, 1.807) is 92.9 Å². The Kier molecular flexibility index (Phi) is 12.9. The third kappa shape index (κ3) is 8.38. The van der Waals surface area contributed by atoms with Crippen molar-refractivity contribution in [2.24, 2.45) is 11.8 Å². The van der Waals surface area contributed by atoms with Crippen molar-refractivity contribution in [1.82, 2.24) is 0 Å². The summed E-state index contributed by atoms with van der Waals surface area (Å²) < 4.78 is 52.2. The number of ether oxygens (including phenoxy) is 9. The van der Waals surface area contributed by atoms with Gasteiger partial charge in [0.25, 0.3) is 0 Å². The van der Waals surface area contributed by atoms with Gasteiger partial charge < -0.3 is 52.8 Å². The maximum Gasteiger partial charge on any atom is 0.161 e. The van der Waals surface area contributed by atoms with Gasteiger partial charge in [-0.05, 0) is 96.5 Å². The first kappa shape index (κ1) is 39.4. The van der Waals surface area contributed by atoms with E-state index in [1.807, 2.05) is 36.4 Å². The fourth-order valence-corrected chi connectivity index (χ4v) is 6.78. The van der Waals surface area contributed by atoms with Gasteiger partial charge in [-0.2, -0.15) is 0 Å². The van der Waals surface area contributed by atoms with Crippen molar-refractivity contribution in [2.45, 2.75) is 64.3 Å². The van der Waals surface area contributed by atoms with E-state index in [0.29, 0.717) is 57.1 Å². The summed E-state index contributed by atoms with van der Waals surface area (Å²) in [7, 11) is 9.43. The van der Waals surface area contributed by atoms with Gasteiger partial charge in [-0.25, -0.2) is 0 Å². The van der Waals surface area contributed by atoms with Crippen LogP contribution in [-0.4, -0.2) is 65.1 Å². The van der Waals surface area contributed by atoms with Crippen LogP contribution in [0.15, 0.2) is 72.8 Å². The van der Waals surface area contributed by atoms with Crippen molar-refractivity contribution < 1.29 is 52.8 Å². The van der Waals surface area contributed by atoms with Crippen molar-refractivity contribution in [3.63, 3.8) is 0 Å². The normalized spacial score (nSPS) is 20.5. The number of rotatable bonds is 16. The second-order valence-corrected chi connectivity index (χ2v) is 13.3. The molecule has 5 rings (SSSR count). The van der Waals surface area contributed by atoms with E-state index in [0.717, 1.165) is 11.1 Å². The van der Waals surface area contributed by atoms with Crippen LogP contribution in [0.4, 0.5) is 0 Å². The summed E-state index contributed by atoms with van der Waals surface area (Å²) in [6, 6.07) is 22.1. The van der Waals surface area contributed by atoms with Crippen LogP contribution in [0.3, 0.4) is 0 Å².